The second kappa shape index (κ2) is 6.88. The van der Waals surface area contributed by atoms with Gasteiger partial charge >= 0.3 is 6.09 Å². The highest BCUT2D eigenvalue weighted by Gasteiger charge is 2.43. The molecule has 1 aromatic carbocycles. The summed E-state index contributed by atoms with van der Waals surface area (Å²) in [6, 6.07) is 6.09. The highest BCUT2D eigenvalue weighted by Crippen LogP contribution is 2.31. The first-order valence-electron chi connectivity index (χ1n) is 8.52. The van der Waals surface area contributed by atoms with Crippen molar-refractivity contribution in [2.75, 3.05) is 33.7 Å². The highest BCUT2D eigenvalue weighted by atomic mass is 32.2. The zero-order valence-electron chi connectivity index (χ0n) is 14.9. The first-order valence-corrected chi connectivity index (χ1v) is 9.96. The summed E-state index contributed by atoms with van der Waals surface area (Å²) >= 11 is 0. The van der Waals surface area contributed by atoms with Crippen LogP contribution in [0.5, 0.6) is 0 Å². The van der Waals surface area contributed by atoms with Crippen molar-refractivity contribution in [3.8, 4) is 0 Å². The maximum atomic E-state index is 13.0. The number of nitrogens with one attached hydrogen (secondary N) is 1. The molecule has 142 valence electrons. The summed E-state index contributed by atoms with van der Waals surface area (Å²) in [5.74, 6) is -0.249. The van der Waals surface area contributed by atoms with Gasteiger partial charge in [-0.25, -0.2) is 13.2 Å². The van der Waals surface area contributed by atoms with Crippen molar-refractivity contribution in [3.05, 3.63) is 29.8 Å². The molecule has 2 aliphatic heterocycles. The first kappa shape index (κ1) is 18.7. The number of sulfonamides is 1. The maximum Gasteiger partial charge on any atom is 0.407 e. The molecule has 0 bridgehead atoms. The molecule has 0 unspecified atom stereocenters. The molecule has 1 atom stereocenters. The minimum atomic E-state index is -3.73. The summed E-state index contributed by atoms with van der Waals surface area (Å²) in [6.45, 7) is 1.03. The van der Waals surface area contributed by atoms with E-state index in [1.54, 1.807) is 26.2 Å². The van der Waals surface area contributed by atoms with Crippen molar-refractivity contribution >= 4 is 22.0 Å². The summed E-state index contributed by atoms with van der Waals surface area (Å²) in [5.41, 5.74) is -0.291. The fourth-order valence-corrected chi connectivity index (χ4v) is 4.89. The number of amides is 2. The van der Waals surface area contributed by atoms with Gasteiger partial charge in [0.15, 0.2) is 0 Å². The molecule has 8 nitrogen and oxygen atoms in total. The Morgan fingerprint density at radius 1 is 1.27 bits per heavy atom. The molecular formula is C17H23N3O5S. The van der Waals surface area contributed by atoms with E-state index in [1.165, 1.54) is 21.3 Å². The molecule has 0 aliphatic carbocycles. The molecule has 26 heavy (non-hydrogen) atoms. The summed E-state index contributed by atoms with van der Waals surface area (Å²) in [5, 5.41) is 2.65. The number of hydrogen-bond donors (Lipinski definition) is 1. The van der Waals surface area contributed by atoms with Crippen LogP contribution in [0.25, 0.3) is 0 Å². The molecule has 2 aliphatic rings. The van der Waals surface area contributed by atoms with Crippen molar-refractivity contribution in [3.63, 3.8) is 0 Å². The fourth-order valence-electron chi connectivity index (χ4n) is 3.36. The predicted molar refractivity (Wildman–Crippen MR) is 94.3 cm³/mol. The maximum absolute atomic E-state index is 13.0. The van der Waals surface area contributed by atoms with Gasteiger partial charge < -0.3 is 15.0 Å². The van der Waals surface area contributed by atoms with Crippen LogP contribution >= 0.6 is 0 Å². The highest BCUT2D eigenvalue weighted by molar-refractivity contribution is 7.89. The van der Waals surface area contributed by atoms with E-state index < -0.39 is 21.7 Å². The Labute approximate surface area is 153 Å². The lowest BCUT2D eigenvalue weighted by Crippen LogP contribution is -2.36. The van der Waals surface area contributed by atoms with E-state index in [2.05, 4.69) is 5.32 Å². The van der Waals surface area contributed by atoms with E-state index in [9.17, 15) is 18.0 Å². The van der Waals surface area contributed by atoms with Crippen LogP contribution in [0.2, 0.25) is 0 Å². The monoisotopic (exact) mass is 381 g/mol. The molecule has 9 heteroatoms. The van der Waals surface area contributed by atoms with Crippen LogP contribution in [-0.4, -0.2) is 69.0 Å². The number of ether oxygens (including phenoxy) is 1. The SMILES string of the molecule is CN(C)C(=O)c1cccc(S(=O)(=O)N2CCC[C@]3(CC2)CNC(=O)O3)c1. The third-order valence-corrected chi connectivity index (χ3v) is 6.74. The molecule has 0 aromatic heterocycles. The minimum Gasteiger partial charge on any atom is -0.441 e. The van der Waals surface area contributed by atoms with Crippen LogP contribution in [0.4, 0.5) is 4.79 Å². The quantitative estimate of drug-likeness (QED) is 0.844. The second-order valence-corrected chi connectivity index (χ2v) is 8.85. The van der Waals surface area contributed by atoms with E-state index in [4.69, 9.17) is 4.74 Å². The van der Waals surface area contributed by atoms with Crippen molar-refractivity contribution in [1.82, 2.24) is 14.5 Å². The van der Waals surface area contributed by atoms with E-state index in [0.29, 0.717) is 37.9 Å². The van der Waals surface area contributed by atoms with E-state index >= 15 is 0 Å². The summed E-state index contributed by atoms with van der Waals surface area (Å²) < 4.78 is 32.9. The third kappa shape index (κ3) is 3.54. The Morgan fingerprint density at radius 3 is 2.69 bits per heavy atom. The minimum absolute atomic E-state index is 0.0997. The zero-order valence-corrected chi connectivity index (χ0v) is 15.7. The number of alkyl carbamates (subject to hydrolysis) is 1. The predicted octanol–water partition coefficient (Wildman–Crippen LogP) is 1.04. The lowest BCUT2D eigenvalue weighted by Gasteiger charge is -2.24. The molecule has 2 heterocycles. The summed E-state index contributed by atoms with van der Waals surface area (Å²) in [6.07, 6.45) is 1.22. The Kier molecular flexibility index (Phi) is 4.94. The normalized spacial score (nSPS) is 24.0. The largest absolute Gasteiger partial charge is 0.441 e. The lowest BCUT2D eigenvalue weighted by atomic mass is 9.95. The van der Waals surface area contributed by atoms with Crippen molar-refractivity contribution in [2.24, 2.45) is 0 Å². The van der Waals surface area contributed by atoms with Gasteiger partial charge in [0.05, 0.1) is 11.4 Å². The Bertz CT molecular complexity index is 823. The van der Waals surface area contributed by atoms with Gasteiger partial charge in [0.1, 0.15) is 5.60 Å². The van der Waals surface area contributed by atoms with Crippen LogP contribution in [0.1, 0.15) is 29.6 Å². The van der Waals surface area contributed by atoms with Gasteiger partial charge in [0.25, 0.3) is 5.91 Å². The lowest BCUT2D eigenvalue weighted by molar-refractivity contribution is 0.0460. The zero-order chi connectivity index (χ0) is 18.9. The van der Waals surface area contributed by atoms with E-state index in [-0.39, 0.29) is 17.3 Å². The second-order valence-electron chi connectivity index (χ2n) is 6.91. The average molecular weight is 381 g/mol. The van der Waals surface area contributed by atoms with Gasteiger partial charge in [-0.1, -0.05) is 6.07 Å². The molecule has 1 N–H and O–H groups in total. The molecule has 1 aromatic rings. The van der Waals surface area contributed by atoms with Crippen LogP contribution in [-0.2, 0) is 14.8 Å². The van der Waals surface area contributed by atoms with Crippen molar-refractivity contribution in [2.45, 2.75) is 29.8 Å². The Balaban J connectivity index is 1.81. The average Bonchev–Trinajstić information content (AvgIpc) is 2.84. The number of nitrogens with zero attached hydrogens (tertiary/aromatic N) is 2. The number of rotatable bonds is 3. The number of benzene rings is 1. The Morgan fingerprint density at radius 2 is 2.04 bits per heavy atom. The number of hydrogen-bond acceptors (Lipinski definition) is 5. The first-order chi connectivity index (χ1) is 12.2. The molecule has 0 radical (unpaired) electrons. The van der Waals surface area contributed by atoms with Crippen LogP contribution in [0, 0.1) is 0 Å². The van der Waals surface area contributed by atoms with E-state index in [0.717, 1.165) is 0 Å². The van der Waals surface area contributed by atoms with Gasteiger partial charge in [-0.2, -0.15) is 4.31 Å². The van der Waals surface area contributed by atoms with Gasteiger partial charge in [0.2, 0.25) is 10.0 Å². The molecular weight excluding hydrogens is 358 g/mol. The third-order valence-electron chi connectivity index (χ3n) is 4.85. The number of carbonyl (C=O) groups is 2. The Hall–Kier alpha value is -2.13. The molecule has 2 fully saturated rings. The standard InChI is InChI=1S/C17H23N3O5S/c1-19(2)15(21)13-5-3-6-14(11-13)26(23,24)20-9-4-7-17(8-10-20)12-18-16(22)25-17/h3,5-6,11H,4,7-10,12H2,1-2H3,(H,18,22)/t17-/m0/s1. The van der Waals surface area contributed by atoms with Crippen LogP contribution in [0.3, 0.4) is 0 Å². The van der Waals surface area contributed by atoms with Gasteiger partial charge in [-0.15, -0.1) is 0 Å². The van der Waals surface area contributed by atoms with Crippen LogP contribution in [0.15, 0.2) is 29.2 Å². The van der Waals surface area contributed by atoms with E-state index in [1.807, 2.05) is 0 Å². The van der Waals surface area contributed by atoms with Crippen molar-refractivity contribution < 1.29 is 22.7 Å². The molecule has 3 rings (SSSR count). The number of carbonyl (C=O) groups excluding carboxylic acids is 2. The van der Waals surface area contributed by atoms with Gasteiger partial charge in [-0.05, 0) is 31.0 Å². The molecule has 0 saturated carbocycles. The molecule has 2 amide bonds. The van der Waals surface area contributed by atoms with Crippen molar-refractivity contribution in [1.29, 1.82) is 0 Å². The topological polar surface area (TPSA) is 96.0 Å². The van der Waals surface area contributed by atoms with Gasteiger partial charge in [0, 0.05) is 39.2 Å². The molecule has 1 spiro atoms. The summed E-state index contributed by atoms with van der Waals surface area (Å²) in [4.78, 5) is 25.0. The van der Waals surface area contributed by atoms with Crippen LogP contribution < -0.4 is 5.32 Å². The molecule has 2 saturated heterocycles. The fraction of sp³-hybridized carbons (Fsp3) is 0.529. The van der Waals surface area contributed by atoms with Gasteiger partial charge in [-0.3, -0.25) is 4.79 Å². The smallest absolute Gasteiger partial charge is 0.407 e. The summed E-state index contributed by atoms with van der Waals surface area (Å²) in [7, 11) is -0.486.